The molecule has 1 saturated heterocycles. The summed E-state index contributed by atoms with van der Waals surface area (Å²) >= 11 is 0. The standard InChI is InChI=1S/C16H21N3O/c1-2-12-6-7-18-15(9-12)16(20)19-11-14-5-3-4-13(8-14)10-17/h3-5,8,12,15,18H,2,6-7,9,11H2,1H3,(H,19,20). The molecule has 0 bridgehead atoms. The maximum absolute atomic E-state index is 12.1. The second-order valence-electron chi connectivity index (χ2n) is 5.34. The van der Waals surface area contributed by atoms with Gasteiger partial charge in [-0.2, -0.15) is 5.26 Å². The van der Waals surface area contributed by atoms with Crippen LogP contribution in [0.1, 0.15) is 37.3 Å². The van der Waals surface area contributed by atoms with Gasteiger partial charge in [0, 0.05) is 6.54 Å². The Balaban J connectivity index is 1.87. The molecule has 106 valence electrons. The lowest BCUT2D eigenvalue weighted by Crippen LogP contribution is -2.48. The molecule has 1 aliphatic rings. The molecule has 1 aromatic rings. The molecule has 2 atom stereocenters. The zero-order valence-electron chi connectivity index (χ0n) is 11.9. The van der Waals surface area contributed by atoms with Crippen LogP contribution >= 0.6 is 0 Å². The number of hydrogen-bond acceptors (Lipinski definition) is 3. The molecule has 0 radical (unpaired) electrons. The molecule has 2 unspecified atom stereocenters. The fourth-order valence-corrected chi connectivity index (χ4v) is 2.63. The Bertz CT molecular complexity index is 507. The second kappa shape index (κ2) is 7.06. The third-order valence-corrected chi connectivity index (χ3v) is 3.93. The molecule has 4 nitrogen and oxygen atoms in total. The first-order valence-electron chi connectivity index (χ1n) is 7.23. The molecule has 2 rings (SSSR count). The van der Waals surface area contributed by atoms with Gasteiger partial charge in [0.25, 0.3) is 0 Å². The zero-order chi connectivity index (χ0) is 14.4. The first-order valence-corrected chi connectivity index (χ1v) is 7.23. The summed E-state index contributed by atoms with van der Waals surface area (Å²) in [5.41, 5.74) is 1.58. The monoisotopic (exact) mass is 271 g/mol. The molecule has 1 aliphatic heterocycles. The molecule has 0 saturated carbocycles. The summed E-state index contributed by atoms with van der Waals surface area (Å²) in [7, 11) is 0. The molecule has 0 aliphatic carbocycles. The Labute approximate surface area is 120 Å². The van der Waals surface area contributed by atoms with E-state index in [1.807, 2.05) is 18.2 Å². The molecule has 2 N–H and O–H groups in total. The summed E-state index contributed by atoms with van der Waals surface area (Å²) < 4.78 is 0. The maximum Gasteiger partial charge on any atom is 0.237 e. The summed E-state index contributed by atoms with van der Waals surface area (Å²) in [6, 6.07) is 9.36. The van der Waals surface area contributed by atoms with Crippen LogP contribution in [-0.4, -0.2) is 18.5 Å². The van der Waals surface area contributed by atoms with Gasteiger partial charge in [0.1, 0.15) is 0 Å². The molecular weight excluding hydrogens is 250 g/mol. The van der Waals surface area contributed by atoms with Gasteiger partial charge >= 0.3 is 0 Å². The second-order valence-corrected chi connectivity index (χ2v) is 5.34. The lowest BCUT2D eigenvalue weighted by atomic mass is 9.90. The lowest BCUT2D eigenvalue weighted by Gasteiger charge is -2.28. The minimum absolute atomic E-state index is 0.0607. The van der Waals surface area contributed by atoms with Crippen molar-refractivity contribution < 1.29 is 4.79 Å². The summed E-state index contributed by atoms with van der Waals surface area (Å²) in [5, 5.41) is 15.1. The van der Waals surface area contributed by atoms with Crippen molar-refractivity contribution in [2.45, 2.75) is 38.8 Å². The number of nitrogens with zero attached hydrogens (tertiary/aromatic N) is 1. The molecule has 1 heterocycles. The summed E-state index contributed by atoms with van der Waals surface area (Å²) in [5.74, 6) is 0.708. The van der Waals surface area contributed by atoms with Crippen molar-refractivity contribution in [3.05, 3.63) is 35.4 Å². The number of hydrogen-bond donors (Lipinski definition) is 2. The number of piperidine rings is 1. The van der Waals surface area contributed by atoms with Crippen molar-refractivity contribution in [1.82, 2.24) is 10.6 Å². The first kappa shape index (κ1) is 14.5. The Morgan fingerprint density at radius 3 is 3.15 bits per heavy atom. The van der Waals surface area contributed by atoms with Gasteiger partial charge in [-0.3, -0.25) is 4.79 Å². The summed E-state index contributed by atoms with van der Waals surface area (Å²) in [6.07, 6.45) is 3.21. The number of benzene rings is 1. The molecule has 1 amide bonds. The van der Waals surface area contributed by atoms with Crippen molar-refractivity contribution in [2.75, 3.05) is 6.54 Å². The van der Waals surface area contributed by atoms with Gasteiger partial charge in [0.2, 0.25) is 5.91 Å². The average Bonchev–Trinajstić information content (AvgIpc) is 2.52. The predicted molar refractivity (Wildman–Crippen MR) is 77.8 cm³/mol. The smallest absolute Gasteiger partial charge is 0.237 e. The summed E-state index contributed by atoms with van der Waals surface area (Å²) in [4.78, 5) is 12.1. The van der Waals surface area contributed by atoms with E-state index in [1.54, 1.807) is 6.07 Å². The highest BCUT2D eigenvalue weighted by atomic mass is 16.2. The van der Waals surface area contributed by atoms with Crippen molar-refractivity contribution >= 4 is 5.91 Å². The fourth-order valence-electron chi connectivity index (χ4n) is 2.63. The molecule has 20 heavy (non-hydrogen) atoms. The third-order valence-electron chi connectivity index (χ3n) is 3.93. The Hall–Kier alpha value is -1.86. The number of nitriles is 1. The normalized spacial score (nSPS) is 22.0. The molecule has 1 aromatic carbocycles. The topological polar surface area (TPSA) is 64.9 Å². The average molecular weight is 271 g/mol. The lowest BCUT2D eigenvalue weighted by molar-refractivity contribution is -0.124. The number of carbonyl (C=O) groups excluding carboxylic acids is 1. The van der Waals surface area contributed by atoms with Crippen LogP contribution in [0.4, 0.5) is 0 Å². The van der Waals surface area contributed by atoms with E-state index < -0.39 is 0 Å². The fraction of sp³-hybridized carbons (Fsp3) is 0.500. The predicted octanol–water partition coefficient (Wildman–Crippen LogP) is 1.95. The van der Waals surface area contributed by atoms with Crippen LogP contribution in [0.2, 0.25) is 0 Å². The molecule has 0 spiro atoms. The van der Waals surface area contributed by atoms with E-state index in [4.69, 9.17) is 5.26 Å². The Kier molecular flexibility index (Phi) is 5.14. The number of rotatable bonds is 4. The van der Waals surface area contributed by atoms with E-state index in [9.17, 15) is 4.79 Å². The van der Waals surface area contributed by atoms with Gasteiger partial charge in [-0.15, -0.1) is 0 Å². The number of amides is 1. The highest BCUT2D eigenvalue weighted by Crippen LogP contribution is 2.19. The molecule has 1 fully saturated rings. The summed E-state index contributed by atoms with van der Waals surface area (Å²) in [6.45, 7) is 3.57. The van der Waals surface area contributed by atoms with Gasteiger partial charge < -0.3 is 10.6 Å². The van der Waals surface area contributed by atoms with Gasteiger partial charge in [-0.25, -0.2) is 0 Å². The zero-order valence-corrected chi connectivity index (χ0v) is 11.9. The van der Waals surface area contributed by atoms with E-state index >= 15 is 0 Å². The maximum atomic E-state index is 12.1. The van der Waals surface area contributed by atoms with Crippen molar-refractivity contribution in [3.63, 3.8) is 0 Å². The van der Waals surface area contributed by atoms with Crippen LogP contribution in [0.3, 0.4) is 0 Å². The molecule has 4 heteroatoms. The number of nitrogens with one attached hydrogen (secondary N) is 2. The number of carbonyl (C=O) groups is 1. The van der Waals surface area contributed by atoms with Crippen LogP contribution in [-0.2, 0) is 11.3 Å². The van der Waals surface area contributed by atoms with Crippen LogP contribution < -0.4 is 10.6 Å². The minimum atomic E-state index is -0.0761. The van der Waals surface area contributed by atoms with Crippen LogP contribution in [0, 0.1) is 17.2 Å². The van der Waals surface area contributed by atoms with E-state index in [0.29, 0.717) is 18.0 Å². The SMILES string of the molecule is CCC1CCNC(C(=O)NCc2cccc(C#N)c2)C1. The van der Waals surface area contributed by atoms with Crippen LogP contribution in [0.25, 0.3) is 0 Å². The highest BCUT2D eigenvalue weighted by Gasteiger charge is 2.25. The van der Waals surface area contributed by atoms with Crippen LogP contribution in [0.15, 0.2) is 24.3 Å². The van der Waals surface area contributed by atoms with E-state index in [2.05, 4.69) is 23.6 Å². The first-order chi connectivity index (χ1) is 9.72. The van der Waals surface area contributed by atoms with Crippen LogP contribution in [0.5, 0.6) is 0 Å². The Morgan fingerprint density at radius 2 is 2.40 bits per heavy atom. The Morgan fingerprint density at radius 1 is 1.55 bits per heavy atom. The highest BCUT2D eigenvalue weighted by molar-refractivity contribution is 5.81. The van der Waals surface area contributed by atoms with Gasteiger partial charge in [0.15, 0.2) is 0 Å². The van der Waals surface area contributed by atoms with E-state index in [1.165, 1.54) is 0 Å². The molecule has 0 aromatic heterocycles. The molecular formula is C16H21N3O. The van der Waals surface area contributed by atoms with Gasteiger partial charge in [-0.1, -0.05) is 25.5 Å². The van der Waals surface area contributed by atoms with Crippen molar-refractivity contribution in [1.29, 1.82) is 5.26 Å². The quantitative estimate of drug-likeness (QED) is 0.879. The van der Waals surface area contributed by atoms with Gasteiger partial charge in [-0.05, 0) is 43.0 Å². The van der Waals surface area contributed by atoms with E-state index in [-0.39, 0.29) is 11.9 Å². The largest absolute Gasteiger partial charge is 0.351 e. The minimum Gasteiger partial charge on any atom is -0.351 e. The third kappa shape index (κ3) is 3.82. The van der Waals surface area contributed by atoms with Gasteiger partial charge in [0.05, 0.1) is 17.7 Å². The van der Waals surface area contributed by atoms with Crippen molar-refractivity contribution in [2.24, 2.45) is 5.92 Å². The van der Waals surface area contributed by atoms with E-state index in [0.717, 1.165) is 31.4 Å². The van der Waals surface area contributed by atoms with Crippen molar-refractivity contribution in [3.8, 4) is 6.07 Å².